The Labute approximate surface area is 154 Å². The first-order chi connectivity index (χ1) is 12.7. The van der Waals surface area contributed by atoms with Gasteiger partial charge in [-0.05, 0) is 28.7 Å². The van der Waals surface area contributed by atoms with Crippen LogP contribution in [0.25, 0.3) is 0 Å². The van der Waals surface area contributed by atoms with Crippen LogP contribution in [0.15, 0.2) is 48.5 Å². The van der Waals surface area contributed by atoms with Gasteiger partial charge in [0.1, 0.15) is 0 Å². The van der Waals surface area contributed by atoms with E-state index in [0.29, 0.717) is 13.0 Å². The van der Waals surface area contributed by atoms with Crippen molar-refractivity contribution in [3.8, 4) is 0 Å². The first kappa shape index (κ1) is 17.1. The predicted molar refractivity (Wildman–Crippen MR) is 101 cm³/mol. The van der Waals surface area contributed by atoms with Crippen LogP contribution in [0.2, 0.25) is 0 Å². The first-order valence-electron chi connectivity index (χ1n) is 9.30. The molecule has 2 atom stereocenters. The monoisotopic (exact) mass is 351 g/mol. The molecule has 0 saturated heterocycles. The molecule has 1 heterocycles. The summed E-state index contributed by atoms with van der Waals surface area (Å²) in [5.41, 5.74) is 4.94. The summed E-state index contributed by atoms with van der Waals surface area (Å²) >= 11 is 0. The van der Waals surface area contributed by atoms with Gasteiger partial charge in [-0.1, -0.05) is 48.5 Å². The molecule has 1 aliphatic heterocycles. The van der Waals surface area contributed by atoms with Crippen LogP contribution in [0.3, 0.4) is 0 Å². The van der Waals surface area contributed by atoms with E-state index >= 15 is 0 Å². The molecular weight excluding hydrogens is 326 g/mol. The molecule has 2 aromatic rings. The molecule has 2 aromatic carbocycles. The van der Waals surface area contributed by atoms with Crippen molar-refractivity contribution in [1.29, 1.82) is 0 Å². The van der Waals surface area contributed by atoms with Crippen molar-refractivity contribution in [2.75, 3.05) is 19.6 Å². The SMILES string of the molecule is O=C(NCCN1CCc2ccccc2C1)NC1c2ccccc2CC1O. The standard InChI is InChI=1S/C21H25N3O2/c25-19-13-16-6-3-4-8-18(16)20(19)23-21(26)22-10-12-24-11-9-15-5-1-2-7-17(15)14-24/h1-8,19-20,25H,9-14H2,(H2,22,23,26). The predicted octanol–water partition coefficient (Wildman–Crippen LogP) is 2.00. The average molecular weight is 351 g/mol. The summed E-state index contributed by atoms with van der Waals surface area (Å²) in [6, 6.07) is 15.9. The van der Waals surface area contributed by atoms with Crippen molar-refractivity contribution in [3.05, 3.63) is 70.8 Å². The maximum Gasteiger partial charge on any atom is 0.315 e. The molecule has 0 bridgehead atoms. The van der Waals surface area contributed by atoms with Gasteiger partial charge in [-0.3, -0.25) is 4.90 Å². The molecule has 2 unspecified atom stereocenters. The molecule has 5 nitrogen and oxygen atoms in total. The van der Waals surface area contributed by atoms with Crippen LogP contribution in [-0.2, 0) is 19.4 Å². The molecule has 2 aliphatic rings. The minimum Gasteiger partial charge on any atom is -0.390 e. The molecule has 4 rings (SSSR count). The summed E-state index contributed by atoms with van der Waals surface area (Å²) < 4.78 is 0. The van der Waals surface area contributed by atoms with E-state index in [1.54, 1.807) is 0 Å². The lowest BCUT2D eigenvalue weighted by Gasteiger charge is -2.28. The lowest BCUT2D eigenvalue weighted by atomic mass is 10.00. The van der Waals surface area contributed by atoms with Crippen molar-refractivity contribution < 1.29 is 9.90 Å². The molecule has 0 saturated carbocycles. The third-order valence-corrected chi connectivity index (χ3v) is 5.41. The zero-order chi connectivity index (χ0) is 17.9. The van der Waals surface area contributed by atoms with E-state index in [2.05, 4.69) is 39.8 Å². The van der Waals surface area contributed by atoms with Crippen LogP contribution in [-0.4, -0.2) is 41.8 Å². The Bertz CT molecular complexity index is 792. The van der Waals surface area contributed by atoms with Crippen molar-refractivity contribution in [3.63, 3.8) is 0 Å². The van der Waals surface area contributed by atoms with E-state index in [1.807, 2.05) is 24.3 Å². The molecule has 5 heteroatoms. The van der Waals surface area contributed by atoms with Crippen molar-refractivity contribution in [2.24, 2.45) is 0 Å². The van der Waals surface area contributed by atoms with Gasteiger partial charge in [0.05, 0.1) is 12.1 Å². The number of aliphatic hydroxyl groups excluding tert-OH is 1. The summed E-state index contributed by atoms with van der Waals surface area (Å²) in [4.78, 5) is 14.6. The number of aliphatic hydroxyl groups is 1. The number of urea groups is 1. The largest absolute Gasteiger partial charge is 0.390 e. The minimum absolute atomic E-state index is 0.219. The molecule has 0 spiro atoms. The Morgan fingerprint density at radius 1 is 1.08 bits per heavy atom. The smallest absolute Gasteiger partial charge is 0.315 e. The first-order valence-corrected chi connectivity index (χ1v) is 9.30. The maximum atomic E-state index is 12.2. The molecule has 0 aromatic heterocycles. The molecule has 2 amide bonds. The number of nitrogens with one attached hydrogen (secondary N) is 2. The van der Waals surface area contributed by atoms with Crippen LogP contribution >= 0.6 is 0 Å². The number of benzene rings is 2. The Morgan fingerprint density at radius 2 is 1.81 bits per heavy atom. The highest BCUT2D eigenvalue weighted by molar-refractivity contribution is 5.74. The molecule has 3 N–H and O–H groups in total. The highest BCUT2D eigenvalue weighted by Gasteiger charge is 2.31. The van der Waals surface area contributed by atoms with Gasteiger partial charge in [0.2, 0.25) is 0 Å². The number of amides is 2. The van der Waals surface area contributed by atoms with E-state index < -0.39 is 6.10 Å². The van der Waals surface area contributed by atoms with Crippen LogP contribution in [0, 0.1) is 0 Å². The summed E-state index contributed by atoms with van der Waals surface area (Å²) in [6.07, 6.45) is 1.10. The van der Waals surface area contributed by atoms with Crippen LogP contribution in [0.1, 0.15) is 28.3 Å². The molecule has 0 fully saturated rings. The number of carbonyl (C=O) groups excluding carboxylic acids is 1. The van der Waals surface area contributed by atoms with Gasteiger partial charge < -0.3 is 15.7 Å². The summed E-state index contributed by atoms with van der Waals surface area (Å²) in [5.74, 6) is 0. The molecule has 26 heavy (non-hydrogen) atoms. The molecular formula is C21H25N3O2. The molecule has 136 valence electrons. The van der Waals surface area contributed by atoms with Crippen molar-refractivity contribution in [2.45, 2.75) is 31.5 Å². The van der Waals surface area contributed by atoms with E-state index in [4.69, 9.17) is 0 Å². The molecule has 0 radical (unpaired) electrons. The van der Waals surface area contributed by atoms with Gasteiger partial charge >= 0.3 is 6.03 Å². The van der Waals surface area contributed by atoms with Gasteiger partial charge in [-0.25, -0.2) is 4.79 Å². The maximum absolute atomic E-state index is 12.2. The quantitative estimate of drug-likeness (QED) is 0.789. The Morgan fingerprint density at radius 3 is 2.65 bits per heavy atom. The second-order valence-corrected chi connectivity index (χ2v) is 7.14. The topological polar surface area (TPSA) is 64.6 Å². The second-order valence-electron chi connectivity index (χ2n) is 7.14. The number of nitrogens with zero attached hydrogens (tertiary/aromatic N) is 1. The summed E-state index contributed by atoms with van der Waals surface area (Å²) in [7, 11) is 0. The number of hydrogen-bond acceptors (Lipinski definition) is 3. The summed E-state index contributed by atoms with van der Waals surface area (Å²) in [5, 5.41) is 16.1. The van der Waals surface area contributed by atoms with Crippen LogP contribution in [0.4, 0.5) is 4.79 Å². The van der Waals surface area contributed by atoms with E-state index in [0.717, 1.165) is 37.2 Å². The van der Waals surface area contributed by atoms with Crippen LogP contribution in [0.5, 0.6) is 0 Å². The summed E-state index contributed by atoms with van der Waals surface area (Å²) in [6.45, 7) is 3.38. The second kappa shape index (κ2) is 7.48. The number of rotatable bonds is 4. The minimum atomic E-state index is -0.559. The lowest BCUT2D eigenvalue weighted by Crippen LogP contribution is -2.44. The fourth-order valence-corrected chi connectivity index (χ4v) is 4.01. The van der Waals surface area contributed by atoms with E-state index in [9.17, 15) is 9.90 Å². The zero-order valence-electron chi connectivity index (χ0n) is 14.8. The number of hydrogen-bond donors (Lipinski definition) is 3. The number of carbonyl (C=O) groups is 1. The van der Waals surface area contributed by atoms with Crippen LogP contribution < -0.4 is 10.6 Å². The Balaban J connectivity index is 1.25. The van der Waals surface area contributed by atoms with Gasteiger partial charge in [0.15, 0.2) is 0 Å². The van der Waals surface area contributed by atoms with Crippen molar-refractivity contribution >= 4 is 6.03 Å². The molecule has 1 aliphatic carbocycles. The average Bonchev–Trinajstić information content (AvgIpc) is 2.97. The Hall–Kier alpha value is -2.37. The normalized spacial score (nSPS) is 21.7. The third kappa shape index (κ3) is 3.59. The number of fused-ring (bicyclic) bond motifs is 2. The fourth-order valence-electron chi connectivity index (χ4n) is 4.01. The third-order valence-electron chi connectivity index (χ3n) is 5.41. The van der Waals surface area contributed by atoms with E-state index in [-0.39, 0.29) is 12.1 Å². The van der Waals surface area contributed by atoms with Gasteiger partial charge in [-0.2, -0.15) is 0 Å². The highest BCUT2D eigenvalue weighted by atomic mass is 16.3. The van der Waals surface area contributed by atoms with Gasteiger partial charge in [0.25, 0.3) is 0 Å². The lowest BCUT2D eigenvalue weighted by molar-refractivity contribution is 0.142. The van der Waals surface area contributed by atoms with Gasteiger partial charge in [-0.15, -0.1) is 0 Å². The Kier molecular flexibility index (Phi) is 4.91. The zero-order valence-corrected chi connectivity index (χ0v) is 14.8. The van der Waals surface area contributed by atoms with E-state index in [1.165, 1.54) is 11.1 Å². The highest BCUT2D eigenvalue weighted by Crippen LogP contribution is 2.31. The van der Waals surface area contributed by atoms with Gasteiger partial charge in [0, 0.05) is 32.6 Å². The van der Waals surface area contributed by atoms with Crippen molar-refractivity contribution in [1.82, 2.24) is 15.5 Å². The fraction of sp³-hybridized carbons (Fsp3) is 0.381.